The van der Waals surface area contributed by atoms with Crippen molar-refractivity contribution >= 4 is 31.9 Å². The van der Waals surface area contributed by atoms with E-state index in [9.17, 15) is 0 Å². The second-order valence-electron chi connectivity index (χ2n) is 2.21. The van der Waals surface area contributed by atoms with Crippen molar-refractivity contribution in [2.45, 2.75) is 6.42 Å². The van der Waals surface area contributed by atoms with Crippen LogP contribution in [0.3, 0.4) is 0 Å². The maximum atomic E-state index is 6.67. The number of halogens is 2. The molecule has 0 saturated heterocycles. The number of rotatable bonds is 2. The third-order valence-electron chi connectivity index (χ3n) is 1.43. The van der Waals surface area contributed by atoms with Crippen LogP contribution in [0.2, 0.25) is 0 Å². The van der Waals surface area contributed by atoms with E-state index < -0.39 is 0 Å². The second-order valence-corrected chi connectivity index (χ2v) is 3.92. The Hall–Kier alpha value is -0.400. The van der Waals surface area contributed by atoms with E-state index in [-0.39, 0.29) is 0 Å². The molecule has 1 aromatic heterocycles. The van der Waals surface area contributed by atoms with Gasteiger partial charge in [0.25, 0.3) is 0 Å². The van der Waals surface area contributed by atoms with E-state index in [0.29, 0.717) is 6.54 Å². The van der Waals surface area contributed by atoms with E-state index in [1.165, 1.54) is 0 Å². The molecule has 1 rings (SSSR count). The van der Waals surface area contributed by atoms with Crippen molar-refractivity contribution < 1.29 is 0 Å². The molecule has 0 aliphatic rings. The molecule has 0 amide bonds. The lowest BCUT2D eigenvalue weighted by Gasteiger charge is -2.01. The van der Waals surface area contributed by atoms with Crippen molar-refractivity contribution in [1.29, 1.82) is 0 Å². The van der Waals surface area contributed by atoms with Gasteiger partial charge in [0, 0.05) is 27.8 Å². The summed E-state index contributed by atoms with van der Waals surface area (Å²) in [5, 5.41) is 0. The lowest BCUT2D eigenvalue weighted by molar-refractivity contribution is 1.04. The molecule has 62 valence electrons. The molecule has 0 radical (unpaired) electrons. The molecule has 1 aromatic rings. The normalized spacial score (nSPS) is 9.42. The van der Waals surface area contributed by atoms with Gasteiger partial charge in [-0.25, -0.2) is 6.57 Å². The zero-order valence-electron chi connectivity index (χ0n) is 6.22. The number of aromatic nitrogens is 1. The third kappa shape index (κ3) is 2.29. The predicted molar refractivity (Wildman–Crippen MR) is 54.8 cm³/mol. The molecule has 2 nitrogen and oxygen atoms in total. The van der Waals surface area contributed by atoms with Crippen molar-refractivity contribution in [2.24, 2.45) is 0 Å². The molecule has 0 bridgehead atoms. The van der Waals surface area contributed by atoms with Crippen molar-refractivity contribution in [3.8, 4) is 0 Å². The smallest absolute Gasteiger partial charge is 0.218 e. The fourth-order valence-corrected chi connectivity index (χ4v) is 2.17. The van der Waals surface area contributed by atoms with Gasteiger partial charge in [0.15, 0.2) is 0 Å². The highest BCUT2D eigenvalue weighted by molar-refractivity contribution is 9.11. The van der Waals surface area contributed by atoms with E-state index in [0.717, 1.165) is 20.9 Å². The van der Waals surface area contributed by atoms with Crippen LogP contribution in [0.4, 0.5) is 0 Å². The van der Waals surface area contributed by atoms with E-state index in [1.807, 2.05) is 0 Å². The van der Waals surface area contributed by atoms with Gasteiger partial charge in [-0.05, 0) is 37.4 Å². The summed E-state index contributed by atoms with van der Waals surface area (Å²) in [5.74, 6) is 0. The minimum atomic E-state index is 0.515. The minimum Gasteiger partial charge on any atom is -0.317 e. The first-order valence-corrected chi connectivity index (χ1v) is 4.95. The summed E-state index contributed by atoms with van der Waals surface area (Å²) in [6.07, 6.45) is 4.24. The molecule has 0 aromatic carbocycles. The fraction of sp³-hybridized carbons (Fsp3) is 0.250. The quantitative estimate of drug-likeness (QED) is 0.765. The van der Waals surface area contributed by atoms with Gasteiger partial charge < -0.3 is 4.85 Å². The van der Waals surface area contributed by atoms with Gasteiger partial charge >= 0.3 is 0 Å². The van der Waals surface area contributed by atoms with Gasteiger partial charge in [-0.15, -0.1) is 0 Å². The number of nitrogens with zero attached hydrogens (tertiary/aromatic N) is 2. The molecule has 0 fully saturated rings. The Kier molecular flexibility index (Phi) is 3.70. The molecule has 1 heterocycles. The highest BCUT2D eigenvalue weighted by Crippen LogP contribution is 2.23. The summed E-state index contributed by atoms with van der Waals surface area (Å²) in [6, 6.07) is 0. The minimum absolute atomic E-state index is 0.515. The van der Waals surface area contributed by atoms with Crippen molar-refractivity contribution in [1.82, 2.24) is 4.98 Å². The van der Waals surface area contributed by atoms with E-state index >= 15 is 0 Å². The molecule has 4 heteroatoms. The summed E-state index contributed by atoms with van der Waals surface area (Å²) < 4.78 is 1.92. The standard InChI is InChI=1S/C8H6Br2N2/c1-11-3-2-6-7(9)4-12-5-8(6)10/h4-5H,2-3H2. The largest absolute Gasteiger partial charge is 0.317 e. The SMILES string of the molecule is [C-]#[N+]CCc1c(Br)cncc1Br. The second kappa shape index (κ2) is 4.58. The highest BCUT2D eigenvalue weighted by atomic mass is 79.9. The molecule has 0 spiro atoms. The predicted octanol–water partition coefficient (Wildman–Crippen LogP) is 3.07. The molecular formula is C8H6Br2N2. The van der Waals surface area contributed by atoms with Gasteiger partial charge in [0.1, 0.15) is 0 Å². The zero-order chi connectivity index (χ0) is 8.97. The van der Waals surface area contributed by atoms with Gasteiger partial charge in [-0.2, -0.15) is 0 Å². The Morgan fingerprint density at radius 3 is 2.42 bits per heavy atom. The fourth-order valence-electron chi connectivity index (χ4n) is 0.845. The van der Waals surface area contributed by atoms with E-state index in [4.69, 9.17) is 6.57 Å². The Labute approximate surface area is 88.1 Å². The third-order valence-corrected chi connectivity index (χ3v) is 2.79. The lowest BCUT2D eigenvalue weighted by Crippen LogP contribution is -1.92. The Balaban J connectivity index is 2.90. The van der Waals surface area contributed by atoms with Gasteiger partial charge in [0.2, 0.25) is 6.54 Å². The number of hydrogen-bond acceptors (Lipinski definition) is 1. The number of hydrogen-bond donors (Lipinski definition) is 0. The summed E-state index contributed by atoms with van der Waals surface area (Å²) in [6.45, 7) is 7.19. The first-order chi connectivity index (χ1) is 5.75. The van der Waals surface area contributed by atoms with Crippen LogP contribution in [-0.2, 0) is 6.42 Å². The molecule has 0 N–H and O–H groups in total. The van der Waals surface area contributed by atoms with Crippen molar-refractivity contribution in [3.63, 3.8) is 0 Å². The average Bonchev–Trinajstić information content (AvgIpc) is 2.04. The number of pyridine rings is 1. The monoisotopic (exact) mass is 288 g/mol. The molecular weight excluding hydrogens is 284 g/mol. The summed E-state index contributed by atoms with van der Waals surface area (Å²) in [5.41, 5.74) is 1.11. The molecule has 0 atom stereocenters. The zero-order valence-corrected chi connectivity index (χ0v) is 9.39. The Bertz CT molecular complexity index is 297. The van der Waals surface area contributed by atoms with Crippen molar-refractivity contribution in [2.75, 3.05) is 6.54 Å². The van der Waals surface area contributed by atoms with Crippen LogP contribution in [0.25, 0.3) is 4.85 Å². The molecule has 0 aliphatic carbocycles. The van der Waals surface area contributed by atoms with Gasteiger partial charge in [-0.3, -0.25) is 4.98 Å². The first-order valence-electron chi connectivity index (χ1n) is 3.37. The maximum absolute atomic E-state index is 6.67. The average molecular weight is 290 g/mol. The Morgan fingerprint density at radius 1 is 1.33 bits per heavy atom. The topological polar surface area (TPSA) is 17.2 Å². The van der Waals surface area contributed by atoms with E-state index in [2.05, 4.69) is 41.7 Å². The maximum Gasteiger partial charge on any atom is 0.218 e. The van der Waals surface area contributed by atoms with Gasteiger partial charge in [0.05, 0.1) is 0 Å². The van der Waals surface area contributed by atoms with Crippen LogP contribution in [-0.4, -0.2) is 11.5 Å². The van der Waals surface area contributed by atoms with Crippen LogP contribution < -0.4 is 0 Å². The summed E-state index contributed by atoms with van der Waals surface area (Å²) >= 11 is 6.76. The van der Waals surface area contributed by atoms with Crippen LogP contribution in [0.5, 0.6) is 0 Å². The van der Waals surface area contributed by atoms with Gasteiger partial charge in [-0.1, -0.05) is 0 Å². The van der Waals surface area contributed by atoms with Crippen LogP contribution in [0.1, 0.15) is 5.56 Å². The Morgan fingerprint density at radius 2 is 1.92 bits per heavy atom. The molecule has 12 heavy (non-hydrogen) atoms. The van der Waals surface area contributed by atoms with Crippen LogP contribution in [0.15, 0.2) is 21.3 Å². The highest BCUT2D eigenvalue weighted by Gasteiger charge is 2.05. The summed E-state index contributed by atoms with van der Waals surface area (Å²) in [7, 11) is 0. The van der Waals surface area contributed by atoms with Crippen LogP contribution in [0, 0.1) is 6.57 Å². The van der Waals surface area contributed by atoms with Crippen LogP contribution >= 0.6 is 31.9 Å². The molecule has 0 unspecified atom stereocenters. The molecule has 0 aliphatic heterocycles. The van der Waals surface area contributed by atoms with E-state index in [1.54, 1.807) is 12.4 Å². The summed E-state index contributed by atoms with van der Waals surface area (Å²) in [4.78, 5) is 7.28. The molecule has 0 saturated carbocycles. The lowest BCUT2D eigenvalue weighted by atomic mass is 10.2. The van der Waals surface area contributed by atoms with Crippen molar-refractivity contribution in [3.05, 3.63) is 38.3 Å². The first kappa shape index (κ1) is 9.69.